The Bertz CT molecular complexity index is 594. The zero-order valence-electron chi connectivity index (χ0n) is 10.9. The molecule has 100 valence electrons. The van der Waals surface area contributed by atoms with Gasteiger partial charge >= 0.3 is 0 Å². The highest BCUT2D eigenvalue weighted by molar-refractivity contribution is 9.10. The van der Waals surface area contributed by atoms with Gasteiger partial charge in [0, 0.05) is 30.0 Å². The van der Waals surface area contributed by atoms with Gasteiger partial charge in [0.2, 0.25) is 0 Å². The summed E-state index contributed by atoms with van der Waals surface area (Å²) in [5, 5.41) is 10.6. The molecule has 0 unspecified atom stereocenters. The molecule has 1 N–H and O–H groups in total. The molecule has 0 saturated heterocycles. The molecule has 5 nitrogen and oxygen atoms in total. The van der Waals surface area contributed by atoms with Gasteiger partial charge in [-0.3, -0.25) is 4.79 Å². The summed E-state index contributed by atoms with van der Waals surface area (Å²) in [6.07, 6.45) is 2.31. The van der Waals surface area contributed by atoms with Crippen LogP contribution in [0.3, 0.4) is 0 Å². The van der Waals surface area contributed by atoms with Crippen LogP contribution < -0.4 is 5.32 Å². The molecule has 0 aliphatic carbocycles. The number of benzene rings is 1. The van der Waals surface area contributed by atoms with Crippen molar-refractivity contribution in [2.45, 2.75) is 13.3 Å². The quantitative estimate of drug-likeness (QED) is 0.934. The highest BCUT2D eigenvalue weighted by atomic mass is 79.9. The van der Waals surface area contributed by atoms with Crippen molar-refractivity contribution in [2.75, 3.05) is 6.54 Å². The third-order valence-corrected chi connectivity index (χ3v) is 3.73. The van der Waals surface area contributed by atoms with Gasteiger partial charge in [-0.15, -0.1) is 10.2 Å². The number of hydrogen-bond donors (Lipinski definition) is 1. The van der Waals surface area contributed by atoms with Crippen LogP contribution in [0.1, 0.15) is 21.7 Å². The van der Waals surface area contributed by atoms with Crippen LogP contribution in [0.4, 0.5) is 0 Å². The van der Waals surface area contributed by atoms with Gasteiger partial charge in [0.15, 0.2) is 0 Å². The summed E-state index contributed by atoms with van der Waals surface area (Å²) < 4.78 is 2.78. The number of hydrogen-bond acceptors (Lipinski definition) is 3. The average Bonchev–Trinajstić information content (AvgIpc) is 2.78. The predicted molar refractivity (Wildman–Crippen MR) is 75.9 cm³/mol. The fraction of sp³-hybridized carbons (Fsp3) is 0.308. The van der Waals surface area contributed by atoms with Crippen molar-refractivity contribution in [2.24, 2.45) is 7.05 Å². The maximum Gasteiger partial charge on any atom is 0.251 e. The Labute approximate surface area is 120 Å². The summed E-state index contributed by atoms with van der Waals surface area (Å²) in [5.74, 6) is 0.772. The van der Waals surface area contributed by atoms with Gasteiger partial charge in [-0.2, -0.15) is 0 Å². The number of halogens is 1. The van der Waals surface area contributed by atoms with Crippen molar-refractivity contribution in [1.29, 1.82) is 0 Å². The third kappa shape index (κ3) is 3.41. The molecular weight excluding hydrogens is 308 g/mol. The summed E-state index contributed by atoms with van der Waals surface area (Å²) in [5.41, 5.74) is 1.76. The maximum atomic E-state index is 11.9. The molecule has 1 aromatic carbocycles. The number of aryl methyl sites for hydroxylation is 2. The van der Waals surface area contributed by atoms with Crippen molar-refractivity contribution in [3.8, 4) is 0 Å². The fourth-order valence-corrected chi connectivity index (χ4v) is 2.04. The number of rotatable bonds is 4. The van der Waals surface area contributed by atoms with E-state index in [4.69, 9.17) is 0 Å². The molecule has 0 spiro atoms. The molecule has 6 heteroatoms. The second kappa shape index (κ2) is 5.97. The summed E-state index contributed by atoms with van der Waals surface area (Å²) >= 11 is 3.42. The highest BCUT2D eigenvalue weighted by Gasteiger charge is 2.07. The summed E-state index contributed by atoms with van der Waals surface area (Å²) in [7, 11) is 1.88. The molecule has 1 amide bonds. The molecule has 0 atom stereocenters. The number of nitrogens with one attached hydrogen (secondary N) is 1. The maximum absolute atomic E-state index is 11.9. The molecule has 0 fully saturated rings. The van der Waals surface area contributed by atoms with E-state index in [0.29, 0.717) is 18.5 Å². The molecule has 0 aliphatic heterocycles. The first-order valence-electron chi connectivity index (χ1n) is 5.95. The lowest BCUT2D eigenvalue weighted by atomic mass is 10.1. The van der Waals surface area contributed by atoms with E-state index < -0.39 is 0 Å². The number of nitrogens with zero attached hydrogens (tertiary/aromatic N) is 3. The minimum absolute atomic E-state index is 0.0807. The molecule has 2 aromatic rings. The molecule has 0 saturated carbocycles. The minimum Gasteiger partial charge on any atom is -0.352 e. The van der Waals surface area contributed by atoms with Gasteiger partial charge in [0.05, 0.1) is 0 Å². The Hall–Kier alpha value is -1.69. The van der Waals surface area contributed by atoms with E-state index in [2.05, 4.69) is 31.4 Å². The summed E-state index contributed by atoms with van der Waals surface area (Å²) in [4.78, 5) is 11.9. The topological polar surface area (TPSA) is 59.8 Å². The average molecular weight is 323 g/mol. The van der Waals surface area contributed by atoms with Crippen LogP contribution in [0.2, 0.25) is 0 Å². The summed E-state index contributed by atoms with van der Waals surface area (Å²) in [6, 6.07) is 5.56. The number of carbonyl (C=O) groups excluding carboxylic acids is 1. The van der Waals surface area contributed by atoms with E-state index in [9.17, 15) is 4.79 Å². The van der Waals surface area contributed by atoms with Crippen molar-refractivity contribution in [1.82, 2.24) is 20.1 Å². The fourth-order valence-electron chi connectivity index (χ4n) is 1.66. The van der Waals surface area contributed by atoms with Crippen molar-refractivity contribution in [3.63, 3.8) is 0 Å². The molecule has 2 rings (SSSR count). The zero-order valence-corrected chi connectivity index (χ0v) is 12.4. The minimum atomic E-state index is -0.0807. The first-order valence-corrected chi connectivity index (χ1v) is 6.74. The Morgan fingerprint density at radius 1 is 1.47 bits per heavy atom. The van der Waals surface area contributed by atoms with Gasteiger partial charge in [-0.1, -0.05) is 22.0 Å². The van der Waals surface area contributed by atoms with Crippen molar-refractivity contribution >= 4 is 21.8 Å². The van der Waals surface area contributed by atoms with Crippen LogP contribution >= 0.6 is 15.9 Å². The van der Waals surface area contributed by atoms with Crippen LogP contribution in [-0.4, -0.2) is 27.2 Å². The third-order valence-electron chi connectivity index (χ3n) is 2.87. The molecule has 19 heavy (non-hydrogen) atoms. The van der Waals surface area contributed by atoms with Crippen LogP contribution in [-0.2, 0) is 13.5 Å². The van der Waals surface area contributed by atoms with Crippen LogP contribution in [0, 0.1) is 6.92 Å². The van der Waals surface area contributed by atoms with E-state index in [1.165, 1.54) is 0 Å². The lowest BCUT2D eigenvalue weighted by Crippen LogP contribution is -2.26. The predicted octanol–water partition coefficient (Wildman–Crippen LogP) is 1.86. The monoisotopic (exact) mass is 322 g/mol. The first-order chi connectivity index (χ1) is 9.08. The Kier molecular flexibility index (Phi) is 4.31. The molecule has 0 radical (unpaired) electrons. The second-order valence-corrected chi connectivity index (χ2v) is 5.18. The molecule has 0 bridgehead atoms. The van der Waals surface area contributed by atoms with Gasteiger partial charge < -0.3 is 9.88 Å². The number of amides is 1. The van der Waals surface area contributed by atoms with Crippen LogP contribution in [0.5, 0.6) is 0 Å². The number of carbonyl (C=O) groups is 1. The Morgan fingerprint density at radius 2 is 2.26 bits per heavy atom. The molecule has 1 heterocycles. The van der Waals surface area contributed by atoms with E-state index in [1.54, 1.807) is 6.33 Å². The Balaban J connectivity index is 1.91. The van der Waals surface area contributed by atoms with Gasteiger partial charge in [0.1, 0.15) is 12.2 Å². The molecule has 0 aliphatic rings. The van der Waals surface area contributed by atoms with E-state index in [-0.39, 0.29) is 5.91 Å². The summed E-state index contributed by atoms with van der Waals surface area (Å²) in [6.45, 7) is 2.52. The van der Waals surface area contributed by atoms with Crippen molar-refractivity contribution < 1.29 is 4.79 Å². The normalized spacial score (nSPS) is 10.5. The van der Waals surface area contributed by atoms with Gasteiger partial charge in [0.25, 0.3) is 5.91 Å². The van der Waals surface area contributed by atoms with Gasteiger partial charge in [-0.05, 0) is 24.6 Å². The standard InChI is InChI=1S/C13H15BrN4O/c1-9-3-4-10(7-11(9)14)13(19)15-6-5-12-17-16-8-18(12)2/h3-4,7-8H,5-6H2,1-2H3,(H,15,19). The SMILES string of the molecule is Cc1ccc(C(=O)NCCc2nncn2C)cc1Br. The van der Waals surface area contributed by atoms with E-state index >= 15 is 0 Å². The molecule has 1 aromatic heterocycles. The zero-order chi connectivity index (χ0) is 13.8. The van der Waals surface area contributed by atoms with Gasteiger partial charge in [-0.25, -0.2) is 0 Å². The van der Waals surface area contributed by atoms with Crippen LogP contribution in [0.15, 0.2) is 29.0 Å². The van der Waals surface area contributed by atoms with Crippen LogP contribution in [0.25, 0.3) is 0 Å². The largest absolute Gasteiger partial charge is 0.352 e. The highest BCUT2D eigenvalue weighted by Crippen LogP contribution is 2.17. The lowest BCUT2D eigenvalue weighted by Gasteiger charge is -2.06. The smallest absolute Gasteiger partial charge is 0.251 e. The van der Waals surface area contributed by atoms with E-state index in [1.807, 2.05) is 36.7 Å². The van der Waals surface area contributed by atoms with E-state index in [0.717, 1.165) is 15.9 Å². The molecular formula is C13H15BrN4O. The lowest BCUT2D eigenvalue weighted by molar-refractivity contribution is 0.0954. The van der Waals surface area contributed by atoms with Crippen molar-refractivity contribution in [3.05, 3.63) is 46.0 Å². The first kappa shape index (κ1) is 13.7. The number of aromatic nitrogens is 3. The Morgan fingerprint density at radius 3 is 2.89 bits per heavy atom. The second-order valence-electron chi connectivity index (χ2n) is 4.33.